The number of aromatic nitrogens is 2. The third kappa shape index (κ3) is 4.17. The summed E-state index contributed by atoms with van der Waals surface area (Å²) in [5.74, 6) is 0.573. The Balaban J connectivity index is 1.82. The molecule has 1 fully saturated rings. The number of hydrogen-bond acceptors (Lipinski definition) is 6. The van der Waals surface area contributed by atoms with Crippen LogP contribution in [0.5, 0.6) is 0 Å². The number of nitrogens with one attached hydrogen (secondary N) is 1. The minimum absolute atomic E-state index is 0.0253. The fraction of sp³-hybridized carbons (Fsp3) is 0.353. The van der Waals surface area contributed by atoms with Crippen molar-refractivity contribution >= 4 is 29.3 Å². The van der Waals surface area contributed by atoms with Crippen LogP contribution in [0.15, 0.2) is 41.6 Å². The fourth-order valence-corrected chi connectivity index (χ4v) is 3.86. The maximum atomic E-state index is 12.8. The molecular weight excluding hydrogens is 322 g/mol. The zero-order chi connectivity index (χ0) is 16.9. The zero-order valence-corrected chi connectivity index (χ0v) is 14.1. The van der Waals surface area contributed by atoms with Crippen LogP contribution in [0.3, 0.4) is 0 Å². The lowest BCUT2D eigenvalue weighted by Crippen LogP contribution is -2.35. The van der Waals surface area contributed by atoms with E-state index >= 15 is 0 Å². The summed E-state index contributed by atoms with van der Waals surface area (Å²) in [6, 6.07) is 11.4. The van der Waals surface area contributed by atoms with Gasteiger partial charge in [-0.2, -0.15) is 0 Å². The van der Waals surface area contributed by atoms with Crippen molar-refractivity contribution in [2.75, 3.05) is 11.5 Å². The first-order valence-electron chi connectivity index (χ1n) is 8.04. The molecule has 1 saturated carbocycles. The van der Waals surface area contributed by atoms with Crippen molar-refractivity contribution in [2.24, 2.45) is 0 Å². The molecule has 1 aromatic carbocycles. The molecule has 7 heteroatoms. The van der Waals surface area contributed by atoms with Crippen molar-refractivity contribution in [3.05, 3.63) is 42.0 Å². The van der Waals surface area contributed by atoms with Gasteiger partial charge in [-0.25, -0.2) is 9.97 Å². The molecule has 0 spiro atoms. The molecule has 1 atom stereocenters. The monoisotopic (exact) mass is 343 g/mol. The average molecular weight is 343 g/mol. The third-order valence-corrected chi connectivity index (χ3v) is 5.13. The van der Waals surface area contributed by atoms with Gasteiger partial charge in [0.2, 0.25) is 5.91 Å². The van der Waals surface area contributed by atoms with Crippen molar-refractivity contribution in [2.45, 2.75) is 42.1 Å². The van der Waals surface area contributed by atoms with E-state index in [2.05, 4.69) is 15.3 Å². The van der Waals surface area contributed by atoms with E-state index in [1.165, 1.54) is 30.7 Å². The summed E-state index contributed by atoms with van der Waals surface area (Å²) < 4.78 is 0. The summed E-state index contributed by atoms with van der Waals surface area (Å²) in [6.45, 7) is 0. The highest BCUT2D eigenvalue weighted by molar-refractivity contribution is 8.00. The van der Waals surface area contributed by atoms with Crippen LogP contribution in [-0.4, -0.2) is 21.9 Å². The van der Waals surface area contributed by atoms with Gasteiger partial charge in [-0.15, -0.1) is 0 Å². The van der Waals surface area contributed by atoms with Gasteiger partial charge in [0.1, 0.15) is 16.9 Å². The normalized spacial score (nSPS) is 16.0. The van der Waals surface area contributed by atoms with Crippen molar-refractivity contribution in [1.82, 2.24) is 15.3 Å². The van der Waals surface area contributed by atoms with E-state index in [9.17, 15) is 4.79 Å². The van der Waals surface area contributed by atoms with Crippen LogP contribution < -0.4 is 16.8 Å². The van der Waals surface area contributed by atoms with E-state index in [1.54, 1.807) is 0 Å². The maximum absolute atomic E-state index is 12.8. The molecule has 0 saturated heterocycles. The van der Waals surface area contributed by atoms with Crippen LogP contribution in [0, 0.1) is 0 Å². The number of nitrogens with two attached hydrogens (primary N) is 2. The second-order valence-corrected chi connectivity index (χ2v) is 6.97. The molecule has 24 heavy (non-hydrogen) atoms. The second-order valence-electron chi connectivity index (χ2n) is 5.90. The Morgan fingerprint density at radius 2 is 1.75 bits per heavy atom. The van der Waals surface area contributed by atoms with E-state index < -0.39 is 5.25 Å². The largest absolute Gasteiger partial charge is 0.383 e. The highest BCUT2D eigenvalue weighted by Crippen LogP contribution is 2.34. The lowest BCUT2D eigenvalue weighted by Gasteiger charge is -2.19. The lowest BCUT2D eigenvalue weighted by molar-refractivity contribution is -0.121. The molecule has 0 radical (unpaired) electrons. The molecule has 1 amide bonds. The molecule has 1 heterocycles. The van der Waals surface area contributed by atoms with Gasteiger partial charge in [0, 0.05) is 12.1 Å². The number of carbonyl (C=O) groups is 1. The SMILES string of the molecule is Nc1cc(N)nc(SC(C(=O)NC2CCCC2)c2ccccc2)n1. The molecule has 1 aliphatic rings. The summed E-state index contributed by atoms with van der Waals surface area (Å²) in [5, 5.41) is 3.12. The molecule has 2 aromatic rings. The standard InChI is InChI=1S/C17H21N5OS/c18-13-10-14(19)22-17(21-13)24-15(11-6-2-1-3-7-11)16(23)20-12-8-4-5-9-12/h1-3,6-7,10,12,15H,4-5,8-9H2,(H,20,23)(H4,18,19,21,22). The topological polar surface area (TPSA) is 107 Å². The lowest BCUT2D eigenvalue weighted by atomic mass is 10.1. The number of hydrogen-bond donors (Lipinski definition) is 3. The predicted molar refractivity (Wildman–Crippen MR) is 96.3 cm³/mol. The van der Waals surface area contributed by atoms with Crippen LogP contribution in [0.1, 0.15) is 36.5 Å². The van der Waals surface area contributed by atoms with E-state index in [-0.39, 0.29) is 11.9 Å². The fourth-order valence-electron chi connectivity index (χ4n) is 2.87. The molecule has 1 aliphatic carbocycles. The minimum Gasteiger partial charge on any atom is -0.383 e. The van der Waals surface area contributed by atoms with Crippen molar-refractivity contribution in [3.63, 3.8) is 0 Å². The van der Waals surface area contributed by atoms with Gasteiger partial charge in [0.15, 0.2) is 5.16 Å². The molecule has 1 aromatic heterocycles. The second kappa shape index (κ2) is 7.53. The molecule has 0 aliphatic heterocycles. The number of nitrogens with zero attached hydrogens (tertiary/aromatic N) is 2. The van der Waals surface area contributed by atoms with Gasteiger partial charge < -0.3 is 16.8 Å². The number of thioether (sulfide) groups is 1. The van der Waals surface area contributed by atoms with Gasteiger partial charge in [-0.1, -0.05) is 54.9 Å². The van der Waals surface area contributed by atoms with Crippen molar-refractivity contribution in [1.29, 1.82) is 0 Å². The van der Waals surface area contributed by atoms with Crippen molar-refractivity contribution < 1.29 is 4.79 Å². The Bertz CT molecular complexity index is 683. The summed E-state index contributed by atoms with van der Waals surface area (Å²) in [4.78, 5) is 21.2. The zero-order valence-electron chi connectivity index (χ0n) is 13.3. The van der Waals surface area contributed by atoms with Gasteiger partial charge in [-0.3, -0.25) is 4.79 Å². The molecule has 3 rings (SSSR count). The van der Waals surface area contributed by atoms with Crippen LogP contribution in [-0.2, 0) is 4.79 Å². The molecular formula is C17H21N5OS. The highest BCUT2D eigenvalue weighted by atomic mass is 32.2. The van der Waals surface area contributed by atoms with E-state index in [1.807, 2.05) is 30.3 Å². The number of rotatable bonds is 5. The van der Waals surface area contributed by atoms with Crippen LogP contribution in [0.4, 0.5) is 11.6 Å². The Morgan fingerprint density at radius 1 is 1.12 bits per heavy atom. The van der Waals surface area contributed by atoms with Crippen LogP contribution >= 0.6 is 11.8 Å². The number of benzene rings is 1. The quantitative estimate of drug-likeness (QED) is 0.569. The van der Waals surface area contributed by atoms with Gasteiger partial charge in [0.05, 0.1) is 0 Å². The van der Waals surface area contributed by atoms with Crippen LogP contribution in [0.25, 0.3) is 0 Å². The number of nitrogen functional groups attached to an aromatic ring is 2. The van der Waals surface area contributed by atoms with Gasteiger partial charge >= 0.3 is 0 Å². The maximum Gasteiger partial charge on any atom is 0.238 e. The number of anilines is 2. The summed E-state index contributed by atoms with van der Waals surface area (Å²) >= 11 is 1.27. The van der Waals surface area contributed by atoms with E-state index in [4.69, 9.17) is 11.5 Å². The molecule has 126 valence electrons. The van der Waals surface area contributed by atoms with Crippen LogP contribution in [0.2, 0.25) is 0 Å². The summed E-state index contributed by atoms with van der Waals surface area (Å²) in [7, 11) is 0. The Labute approximate surface area is 145 Å². The average Bonchev–Trinajstić information content (AvgIpc) is 3.05. The summed E-state index contributed by atoms with van der Waals surface area (Å²) in [6.07, 6.45) is 4.42. The van der Waals surface area contributed by atoms with Crippen molar-refractivity contribution in [3.8, 4) is 0 Å². The molecule has 6 nitrogen and oxygen atoms in total. The highest BCUT2D eigenvalue weighted by Gasteiger charge is 2.26. The molecule has 1 unspecified atom stereocenters. The number of carbonyl (C=O) groups excluding carboxylic acids is 1. The van der Waals surface area contributed by atoms with Gasteiger partial charge in [-0.05, 0) is 18.4 Å². The smallest absolute Gasteiger partial charge is 0.238 e. The minimum atomic E-state index is -0.437. The first-order valence-corrected chi connectivity index (χ1v) is 8.92. The first kappa shape index (κ1) is 16.6. The first-order chi connectivity index (χ1) is 11.6. The van der Waals surface area contributed by atoms with E-state index in [0.717, 1.165) is 18.4 Å². The predicted octanol–water partition coefficient (Wildman–Crippen LogP) is 2.53. The molecule has 0 bridgehead atoms. The number of amides is 1. The Kier molecular flexibility index (Phi) is 5.20. The summed E-state index contributed by atoms with van der Waals surface area (Å²) in [5.41, 5.74) is 12.4. The Morgan fingerprint density at radius 3 is 2.38 bits per heavy atom. The van der Waals surface area contributed by atoms with Gasteiger partial charge in [0.25, 0.3) is 0 Å². The molecule has 5 N–H and O–H groups in total. The van der Waals surface area contributed by atoms with E-state index in [0.29, 0.717) is 16.8 Å². The Hall–Kier alpha value is -2.28. The third-order valence-electron chi connectivity index (χ3n) is 4.01.